The predicted molar refractivity (Wildman–Crippen MR) is 109 cm³/mol. The standard InChI is InChI=1S/C23H22FN3O3/c1-28-14-18-11-23(30-27-18)20-5-2-15(8-19-13-26-6-7-29-19)9-21(20)16-3-4-17(12-25)22(24)10-16/h2-5,9-11,19,26H,6-8,13-14H2,1H3. The third kappa shape index (κ3) is 4.41. The number of nitriles is 1. The number of ether oxygens (including phenoxy) is 2. The van der Waals surface area contributed by atoms with Gasteiger partial charge in [0.2, 0.25) is 0 Å². The fourth-order valence-corrected chi connectivity index (χ4v) is 3.61. The van der Waals surface area contributed by atoms with E-state index in [9.17, 15) is 4.39 Å². The van der Waals surface area contributed by atoms with Crippen molar-refractivity contribution >= 4 is 0 Å². The summed E-state index contributed by atoms with van der Waals surface area (Å²) in [5.41, 5.74) is 4.02. The lowest BCUT2D eigenvalue weighted by molar-refractivity contribution is 0.0292. The molecule has 1 atom stereocenters. The molecule has 2 aromatic carbocycles. The monoisotopic (exact) mass is 407 g/mol. The van der Waals surface area contributed by atoms with Crippen molar-refractivity contribution in [3.8, 4) is 28.5 Å². The van der Waals surface area contributed by atoms with Gasteiger partial charge in [-0.25, -0.2) is 4.39 Å². The summed E-state index contributed by atoms with van der Waals surface area (Å²) >= 11 is 0. The predicted octanol–water partition coefficient (Wildman–Crippen LogP) is 3.70. The summed E-state index contributed by atoms with van der Waals surface area (Å²) in [7, 11) is 1.59. The average Bonchev–Trinajstić information content (AvgIpc) is 3.23. The molecule has 1 aliphatic rings. The molecule has 1 aliphatic heterocycles. The summed E-state index contributed by atoms with van der Waals surface area (Å²) < 4.78 is 30.8. The van der Waals surface area contributed by atoms with Gasteiger partial charge >= 0.3 is 0 Å². The van der Waals surface area contributed by atoms with Crippen LogP contribution in [0, 0.1) is 17.1 Å². The lowest BCUT2D eigenvalue weighted by Crippen LogP contribution is -2.39. The number of methoxy groups -OCH3 is 1. The summed E-state index contributed by atoms with van der Waals surface area (Å²) in [6, 6.07) is 14.3. The highest BCUT2D eigenvalue weighted by molar-refractivity contribution is 5.82. The van der Waals surface area contributed by atoms with Gasteiger partial charge in [-0.2, -0.15) is 5.26 Å². The second kappa shape index (κ2) is 9.18. The summed E-state index contributed by atoms with van der Waals surface area (Å²) in [5, 5.41) is 16.4. The lowest BCUT2D eigenvalue weighted by atomic mass is 9.93. The maximum Gasteiger partial charge on any atom is 0.167 e. The second-order valence-electron chi connectivity index (χ2n) is 7.20. The van der Waals surface area contributed by atoms with E-state index in [0.29, 0.717) is 30.2 Å². The van der Waals surface area contributed by atoms with E-state index in [0.717, 1.165) is 36.2 Å². The quantitative estimate of drug-likeness (QED) is 0.671. The molecule has 0 spiro atoms. The molecule has 30 heavy (non-hydrogen) atoms. The van der Waals surface area contributed by atoms with E-state index >= 15 is 0 Å². The molecule has 1 aromatic heterocycles. The first kappa shape index (κ1) is 20.2. The topological polar surface area (TPSA) is 80.3 Å². The Bertz CT molecular complexity index is 1070. The van der Waals surface area contributed by atoms with Gasteiger partial charge in [-0.05, 0) is 35.2 Å². The van der Waals surface area contributed by atoms with E-state index in [1.165, 1.54) is 12.1 Å². The van der Waals surface area contributed by atoms with Crippen LogP contribution in [0.2, 0.25) is 0 Å². The minimum Gasteiger partial charge on any atom is -0.378 e. The molecule has 1 fully saturated rings. The molecular weight excluding hydrogens is 385 g/mol. The van der Waals surface area contributed by atoms with Crippen LogP contribution in [0.25, 0.3) is 22.5 Å². The molecule has 1 saturated heterocycles. The first-order valence-corrected chi connectivity index (χ1v) is 9.78. The molecule has 0 aliphatic carbocycles. The van der Waals surface area contributed by atoms with Crippen molar-refractivity contribution in [3.05, 3.63) is 65.1 Å². The fraction of sp³-hybridized carbons (Fsp3) is 0.304. The van der Waals surface area contributed by atoms with Crippen LogP contribution in [0.3, 0.4) is 0 Å². The first-order chi connectivity index (χ1) is 14.7. The molecule has 154 valence electrons. The van der Waals surface area contributed by atoms with Crippen molar-refractivity contribution in [2.45, 2.75) is 19.1 Å². The van der Waals surface area contributed by atoms with Gasteiger partial charge in [-0.3, -0.25) is 0 Å². The zero-order valence-electron chi connectivity index (χ0n) is 16.7. The van der Waals surface area contributed by atoms with Gasteiger partial charge in [0, 0.05) is 31.8 Å². The van der Waals surface area contributed by atoms with Crippen LogP contribution in [0.5, 0.6) is 0 Å². The normalized spacial score (nSPS) is 16.4. The summed E-state index contributed by atoms with van der Waals surface area (Å²) in [4.78, 5) is 0. The molecule has 2 heterocycles. The maximum absolute atomic E-state index is 14.3. The van der Waals surface area contributed by atoms with Gasteiger partial charge in [-0.15, -0.1) is 0 Å². The number of nitrogens with zero attached hydrogens (tertiary/aromatic N) is 2. The van der Waals surface area contributed by atoms with Crippen LogP contribution >= 0.6 is 0 Å². The Balaban J connectivity index is 1.74. The van der Waals surface area contributed by atoms with Gasteiger partial charge in [0.05, 0.1) is 24.9 Å². The van der Waals surface area contributed by atoms with Gasteiger partial charge < -0.3 is 19.3 Å². The average molecular weight is 407 g/mol. The van der Waals surface area contributed by atoms with E-state index in [-0.39, 0.29) is 11.7 Å². The Labute approximate surface area is 174 Å². The van der Waals surface area contributed by atoms with Crippen molar-refractivity contribution in [3.63, 3.8) is 0 Å². The molecule has 0 radical (unpaired) electrons. The number of hydrogen-bond acceptors (Lipinski definition) is 6. The Morgan fingerprint density at radius 2 is 2.13 bits per heavy atom. The summed E-state index contributed by atoms with van der Waals surface area (Å²) in [5.74, 6) is 0.0211. The Hall–Kier alpha value is -3.05. The molecular formula is C23H22FN3O3. The second-order valence-corrected chi connectivity index (χ2v) is 7.20. The first-order valence-electron chi connectivity index (χ1n) is 9.78. The smallest absolute Gasteiger partial charge is 0.167 e. The van der Waals surface area contributed by atoms with Crippen LogP contribution in [-0.4, -0.2) is 38.1 Å². The largest absolute Gasteiger partial charge is 0.378 e. The molecule has 6 nitrogen and oxygen atoms in total. The van der Waals surface area contributed by atoms with Crippen molar-refractivity contribution in [2.24, 2.45) is 0 Å². The fourth-order valence-electron chi connectivity index (χ4n) is 3.61. The van der Waals surface area contributed by atoms with Crippen LogP contribution in [-0.2, 0) is 22.5 Å². The molecule has 7 heteroatoms. The van der Waals surface area contributed by atoms with E-state index in [1.54, 1.807) is 13.2 Å². The van der Waals surface area contributed by atoms with Crippen molar-refractivity contribution in [1.82, 2.24) is 10.5 Å². The van der Waals surface area contributed by atoms with E-state index < -0.39 is 5.82 Å². The van der Waals surface area contributed by atoms with E-state index in [4.69, 9.17) is 19.3 Å². The number of hydrogen-bond donors (Lipinski definition) is 1. The highest BCUT2D eigenvalue weighted by Gasteiger charge is 2.18. The number of aromatic nitrogens is 1. The van der Waals surface area contributed by atoms with Gasteiger partial charge in [0.25, 0.3) is 0 Å². The van der Waals surface area contributed by atoms with Crippen LogP contribution in [0.1, 0.15) is 16.8 Å². The Morgan fingerprint density at radius 1 is 1.23 bits per heavy atom. The molecule has 4 rings (SSSR count). The molecule has 0 amide bonds. The molecule has 3 aromatic rings. The van der Waals surface area contributed by atoms with Crippen molar-refractivity contribution in [2.75, 3.05) is 26.8 Å². The number of morpholine rings is 1. The minimum atomic E-state index is -0.552. The van der Waals surface area contributed by atoms with E-state index in [2.05, 4.69) is 10.5 Å². The van der Waals surface area contributed by atoms with Crippen LogP contribution in [0.4, 0.5) is 4.39 Å². The van der Waals surface area contributed by atoms with Crippen LogP contribution in [0.15, 0.2) is 47.0 Å². The molecule has 0 bridgehead atoms. The van der Waals surface area contributed by atoms with Crippen molar-refractivity contribution in [1.29, 1.82) is 5.26 Å². The highest BCUT2D eigenvalue weighted by Crippen LogP contribution is 2.34. The van der Waals surface area contributed by atoms with Gasteiger partial charge in [0.1, 0.15) is 17.6 Å². The SMILES string of the molecule is COCc1cc(-c2ccc(CC3CNCCO3)cc2-c2ccc(C#N)c(F)c2)on1. The number of benzene rings is 2. The zero-order valence-corrected chi connectivity index (χ0v) is 16.7. The lowest BCUT2D eigenvalue weighted by Gasteiger charge is -2.24. The maximum atomic E-state index is 14.3. The number of rotatable bonds is 6. The van der Waals surface area contributed by atoms with Gasteiger partial charge in [-0.1, -0.05) is 29.4 Å². The third-order valence-corrected chi connectivity index (χ3v) is 5.07. The highest BCUT2D eigenvalue weighted by atomic mass is 19.1. The summed E-state index contributed by atoms with van der Waals surface area (Å²) in [6.07, 6.45) is 0.832. The van der Waals surface area contributed by atoms with E-state index in [1.807, 2.05) is 30.3 Å². The number of halogens is 1. The zero-order chi connectivity index (χ0) is 20.9. The van der Waals surface area contributed by atoms with Gasteiger partial charge in [0.15, 0.2) is 5.76 Å². The third-order valence-electron chi connectivity index (χ3n) is 5.07. The van der Waals surface area contributed by atoms with Crippen LogP contribution < -0.4 is 5.32 Å². The van der Waals surface area contributed by atoms with Crippen molar-refractivity contribution < 1.29 is 18.4 Å². The molecule has 1 unspecified atom stereocenters. The Kier molecular flexibility index (Phi) is 6.19. The summed E-state index contributed by atoms with van der Waals surface area (Å²) in [6.45, 7) is 2.69. The molecule has 0 saturated carbocycles. The number of nitrogens with one attached hydrogen (secondary N) is 1. The Morgan fingerprint density at radius 3 is 2.87 bits per heavy atom. The molecule has 1 N–H and O–H groups in total. The minimum absolute atomic E-state index is 0.0141.